The molecular weight excluding hydrogens is 821 g/mol. The van der Waals surface area contributed by atoms with Crippen molar-refractivity contribution < 1.29 is 38.2 Å². The summed E-state index contributed by atoms with van der Waals surface area (Å²) in [4.78, 5) is 86.8. The molecule has 1 atom stereocenters. The van der Waals surface area contributed by atoms with E-state index in [1.54, 1.807) is 42.9 Å². The monoisotopic (exact) mass is 880 g/mol. The molecule has 5 aliphatic rings. The van der Waals surface area contributed by atoms with Gasteiger partial charge in [0.1, 0.15) is 17.5 Å². The van der Waals surface area contributed by atoms with Gasteiger partial charge in [0.05, 0.1) is 49.7 Å². The molecule has 3 aromatic rings. The molecule has 3 fully saturated rings. The summed E-state index contributed by atoms with van der Waals surface area (Å²) in [5.74, 6) is -0.582. The molecule has 17 nitrogen and oxygen atoms in total. The van der Waals surface area contributed by atoms with Gasteiger partial charge < -0.3 is 43.7 Å². The number of imide groups is 2. The molecule has 2 N–H and O–H groups in total. The summed E-state index contributed by atoms with van der Waals surface area (Å²) in [6.45, 7) is 6.18. The standard InChI is InChI=1S/C47H60N8O9/c1-50(2)26-38-40(62-4)23-29(24-41(38)63-5)36-27-51(3)44(58)37-28-54(22-15-33(36)37)47(61)48-16-6-17-52-18-11-31(12-19-52)64-32-13-20-53(21-14-32)30-7-8-34-35(25-30)46(60)55(45(34)59)39-9-10-42(56)49-43(39)57/h7-8,23-25,27,31-32,39H,6,9-22,26,28H2,1-5H3,(H,48,61)(H,49,56,57). The molecule has 0 spiro atoms. The van der Waals surface area contributed by atoms with E-state index in [-0.39, 0.29) is 54.3 Å². The number of amides is 6. The number of pyridine rings is 1. The molecule has 64 heavy (non-hydrogen) atoms. The average Bonchev–Trinajstić information content (AvgIpc) is 3.54. The van der Waals surface area contributed by atoms with E-state index < -0.39 is 29.7 Å². The van der Waals surface area contributed by atoms with Gasteiger partial charge in [-0.1, -0.05) is 0 Å². The van der Waals surface area contributed by atoms with Gasteiger partial charge in [-0.25, -0.2) is 4.79 Å². The Balaban J connectivity index is 0.763. The van der Waals surface area contributed by atoms with Crippen LogP contribution in [0.3, 0.4) is 0 Å². The van der Waals surface area contributed by atoms with E-state index in [1.807, 2.05) is 38.5 Å². The normalized spacial score (nSPS) is 19.8. The second-order valence-corrected chi connectivity index (χ2v) is 17.8. The smallest absolute Gasteiger partial charge is 0.317 e. The van der Waals surface area contributed by atoms with Gasteiger partial charge in [0.15, 0.2) is 0 Å². The highest BCUT2D eigenvalue weighted by Gasteiger charge is 2.45. The average molecular weight is 881 g/mol. The number of hydrogen-bond donors (Lipinski definition) is 2. The SMILES string of the molecule is COc1cc(-c2cn(C)c(=O)c3c2CCN(C(=O)NCCCN2CCC(OC4CCN(c5ccc6c(c5)C(=O)N(C5CCC(=O)NC5=O)C6=O)CC4)CC2)C3)cc(OC)c1CN(C)C. The lowest BCUT2D eigenvalue weighted by molar-refractivity contribution is -0.136. The quantitative estimate of drug-likeness (QED) is 0.190. The Morgan fingerprint density at radius 3 is 2.14 bits per heavy atom. The van der Waals surface area contributed by atoms with Crippen LogP contribution in [0.1, 0.15) is 82.4 Å². The number of aromatic nitrogens is 1. The van der Waals surface area contributed by atoms with Gasteiger partial charge in [0, 0.05) is 82.3 Å². The highest BCUT2D eigenvalue weighted by atomic mass is 16.5. The minimum Gasteiger partial charge on any atom is -0.496 e. The third-order valence-electron chi connectivity index (χ3n) is 13.3. The van der Waals surface area contributed by atoms with Crippen molar-refractivity contribution in [1.29, 1.82) is 0 Å². The number of ether oxygens (including phenoxy) is 3. The van der Waals surface area contributed by atoms with E-state index in [0.29, 0.717) is 43.1 Å². The summed E-state index contributed by atoms with van der Waals surface area (Å²) < 4.78 is 19.8. The number of nitrogens with zero attached hydrogens (tertiary/aromatic N) is 6. The molecule has 0 radical (unpaired) electrons. The highest BCUT2D eigenvalue weighted by molar-refractivity contribution is 6.23. The number of likely N-dealkylation sites (tertiary alicyclic amines) is 1. The fourth-order valence-corrected chi connectivity index (χ4v) is 9.89. The first kappa shape index (κ1) is 44.8. The van der Waals surface area contributed by atoms with Gasteiger partial charge >= 0.3 is 6.03 Å². The van der Waals surface area contributed by atoms with Crippen LogP contribution in [0, 0.1) is 0 Å². The van der Waals surface area contributed by atoms with Crippen LogP contribution in [0.4, 0.5) is 10.5 Å². The number of urea groups is 1. The Labute approximate surface area is 373 Å². The van der Waals surface area contributed by atoms with E-state index >= 15 is 0 Å². The van der Waals surface area contributed by atoms with E-state index in [9.17, 15) is 28.8 Å². The van der Waals surface area contributed by atoms with Gasteiger partial charge in [-0.3, -0.25) is 34.2 Å². The summed E-state index contributed by atoms with van der Waals surface area (Å²) in [6, 6.07) is 8.12. The number of fused-ring (bicyclic) bond motifs is 2. The number of nitrogens with one attached hydrogen (secondary N) is 2. The minimum atomic E-state index is -0.984. The van der Waals surface area contributed by atoms with Crippen LogP contribution < -0.4 is 30.6 Å². The molecule has 342 valence electrons. The predicted molar refractivity (Wildman–Crippen MR) is 239 cm³/mol. The van der Waals surface area contributed by atoms with Crippen molar-refractivity contribution in [3.63, 3.8) is 0 Å². The summed E-state index contributed by atoms with van der Waals surface area (Å²) in [5, 5.41) is 5.33. The topological polar surface area (TPSA) is 175 Å². The Morgan fingerprint density at radius 2 is 1.48 bits per heavy atom. The molecule has 8 rings (SSSR count). The van der Waals surface area contributed by atoms with E-state index in [4.69, 9.17) is 14.2 Å². The van der Waals surface area contributed by atoms with Gasteiger partial charge in [-0.2, -0.15) is 0 Å². The molecular formula is C47H60N8O9. The molecule has 1 aromatic heterocycles. The number of carbonyl (C=O) groups is 5. The zero-order valence-corrected chi connectivity index (χ0v) is 37.6. The third-order valence-corrected chi connectivity index (χ3v) is 13.3. The molecule has 6 amide bonds. The van der Waals surface area contributed by atoms with E-state index in [0.717, 1.165) is 97.7 Å². The first-order valence-corrected chi connectivity index (χ1v) is 22.5. The van der Waals surface area contributed by atoms with Crippen molar-refractivity contribution >= 4 is 35.3 Å². The summed E-state index contributed by atoms with van der Waals surface area (Å²) >= 11 is 0. The van der Waals surface area contributed by atoms with Gasteiger partial charge in [-0.15, -0.1) is 0 Å². The van der Waals surface area contributed by atoms with Crippen molar-refractivity contribution in [1.82, 2.24) is 34.8 Å². The molecule has 2 aromatic carbocycles. The fourth-order valence-electron chi connectivity index (χ4n) is 9.89. The molecule has 1 unspecified atom stereocenters. The maximum Gasteiger partial charge on any atom is 0.317 e. The number of methoxy groups -OCH3 is 2. The van der Waals surface area contributed by atoms with E-state index in [1.165, 1.54) is 0 Å². The van der Waals surface area contributed by atoms with Crippen molar-refractivity contribution in [2.45, 2.75) is 82.7 Å². The second-order valence-electron chi connectivity index (χ2n) is 17.8. The van der Waals surface area contributed by atoms with Crippen molar-refractivity contribution in [2.75, 3.05) is 79.0 Å². The number of carbonyl (C=O) groups excluding carboxylic acids is 5. The second kappa shape index (κ2) is 19.1. The molecule has 3 saturated heterocycles. The van der Waals surface area contributed by atoms with E-state index in [2.05, 4.69) is 25.3 Å². The summed E-state index contributed by atoms with van der Waals surface area (Å²) in [5.41, 5.74) is 5.68. The largest absolute Gasteiger partial charge is 0.496 e. The van der Waals surface area contributed by atoms with Crippen LogP contribution in [0.25, 0.3) is 11.1 Å². The van der Waals surface area contributed by atoms with Crippen LogP contribution in [-0.2, 0) is 40.9 Å². The lowest BCUT2D eigenvalue weighted by Crippen LogP contribution is -2.54. The first-order valence-electron chi connectivity index (χ1n) is 22.5. The van der Waals surface area contributed by atoms with Gasteiger partial charge in [0.25, 0.3) is 17.4 Å². The number of piperidine rings is 3. The molecule has 0 bridgehead atoms. The Kier molecular flexibility index (Phi) is 13.4. The molecule has 0 saturated carbocycles. The molecule has 0 aliphatic carbocycles. The third kappa shape index (κ3) is 9.24. The van der Waals surface area contributed by atoms with Crippen LogP contribution >= 0.6 is 0 Å². The molecule has 6 heterocycles. The predicted octanol–water partition coefficient (Wildman–Crippen LogP) is 3.14. The maximum absolute atomic E-state index is 13.4. The summed E-state index contributed by atoms with van der Waals surface area (Å²) in [7, 11) is 9.03. The number of rotatable bonds is 13. The number of hydrogen-bond acceptors (Lipinski definition) is 12. The first-order chi connectivity index (χ1) is 30.8. The Hall–Kier alpha value is -5.78. The maximum atomic E-state index is 13.4. The van der Waals surface area contributed by atoms with Gasteiger partial charge in [-0.05, 0) is 107 Å². The lowest BCUT2D eigenvalue weighted by Gasteiger charge is -2.38. The number of anilines is 1. The number of benzene rings is 2. The molecule has 5 aliphatic heterocycles. The van der Waals surface area contributed by atoms with Crippen LogP contribution in [0.5, 0.6) is 11.5 Å². The van der Waals surface area contributed by atoms with Crippen molar-refractivity contribution in [2.24, 2.45) is 7.05 Å². The van der Waals surface area contributed by atoms with Crippen LogP contribution in [0.15, 0.2) is 41.3 Å². The number of aryl methyl sites for hydroxylation is 1. The summed E-state index contributed by atoms with van der Waals surface area (Å²) in [6.07, 6.45) is 7.37. The Bertz CT molecular complexity index is 2340. The lowest BCUT2D eigenvalue weighted by atomic mass is 9.91. The zero-order valence-electron chi connectivity index (χ0n) is 37.6. The van der Waals surface area contributed by atoms with Crippen molar-refractivity contribution in [3.8, 4) is 22.6 Å². The van der Waals surface area contributed by atoms with Gasteiger partial charge in [0.2, 0.25) is 11.8 Å². The molecule has 17 heteroatoms. The fraction of sp³-hybridized carbons (Fsp3) is 0.532. The minimum absolute atomic E-state index is 0.0834. The van der Waals surface area contributed by atoms with Crippen molar-refractivity contribution in [3.05, 3.63) is 74.7 Å². The Morgan fingerprint density at radius 1 is 0.812 bits per heavy atom. The highest BCUT2D eigenvalue weighted by Crippen LogP contribution is 2.38. The van der Waals surface area contributed by atoms with Crippen LogP contribution in [-0.4, -0.2) is 146 Å². The zero-order chi connectivity index (χ0) is 45.2. The van der Waals surface area contributed by atoms with Crippen LogP contribution in [0.2, 0.25) is 0 Å².